The van der Waals surface area contributed by atoms with Crippen LogP contribution in [-0.2, 0) is 35.2 Å². The first-order valence-electron chi connectivity index (χ1n) is 9.40. The van der Waals surface area contributed by atoms with Crippen LogP contribution in [-0.4, -0.2) is 37.3 Å². The highest BCUT2D eigenvalue weighted by Gasteiger charge is 2.42. The number of aromatic nitrogens is 1. The van der Waals surface area contributed by atoms with Crippen molar-refractivity contribution in [3.8, 4) is 11.3 Å². The Bertz CT molecular complexity index is 1030. The lowest BCUT2D eigenvalue weighted by atomic mass is 9.85. The number of hydrogen-bond donors (Lipinski definition) is 1. The van der Waals surface area contributed by atoms with Crippen LogP contribution in [0.1, 0.15) is 19.6 Å². The van der Waals surface area contributed by atoms with E-state index < -0.39 is 23.8 Å². The molecule has 0 bridgehead atoms. The number of ether oxygens (including phenoxy) is 3. The smallest absolute Gasteiger partial charge is 0.336 e. The lowest BCUT2D eigenvalue weighted by Gasteiger charge is -2.28. The van der Waals surface area contributed by atoms with Gasteiger partial charge in [-0.3, -0.25) is 4.79 Å². The van der Waals surface area contributed by atoms with Gasteiger partial charge in [0.1, 0.15) is 11.6 Å². The minimum Gasteiger partial charge on any atom is -0.466 e. The van der Waals surface area contributed by atoms with Crippen LogP contribution in [0.5, 0.6) is 0 Å². The van der Waals surface area contributed by atoms with Crippen LogP contribution in [0.25, 0.3) is 11.3 Å². The maximum absolute atomic E-state index is 13.0. The van der Waals surface area contributed by atoms with Gasteiger partial charge in [0.05, 0.1) is 25.4 Å². The normalized spacial score (nSPS) is 14.2. The molecule has 1 aliphatic rings. The fourth-order valence-corrected chi connectivity index (χ4v) is 3.34. The summed E-state index contributed by atoms with van der Waals surface area (Å²) in [6.07, 6.45) is 0. The average Bonchev–Trinajstić information content (AvgIpc) is 3.25. The Morgan fingerprint density at radius 1 is 1.00 bits per heavy atom. The number of nitrogens with zero attached hydrogens (tertiary/aromatic N) is 1. The van der Waals surface area contributed by atoms with Gasteiger partial charge in [0.25, 0.3) is 0 Å². The first-order valence-corrected chi connectivity index (χ1v) is 9.40. The molecule has 0 aliphatic carbocycles. The third kappa shape index (κ3) is 4.50. The van der Waals surface area contributed by atoms with Crippen molar-refractivity contribution >= 4 is 17.9 Å². The van der Waals surface area contributed by atoms with Crippen LogP contribution in [0.4, 0.5) is 0 Å². The molecule has 2 heterocycles. The maximum atomic E-state index is 13.0. The minimum absolute atomic E-state index is 0.0268. The lowest BCUT2D eigenvalue weighted by molar-refractivity contribution is -0.152. The molecule has 2 aromatic rings. The summed E-state index contributed by atoms with van der Waals surface area (Å²) in [4.78, 5) is 37.7. The number of nitrogens with one attached hydrogen (secondary N) is 1. The topological polar surface area (TPSA) is 117 Å². The number of methoxy groups -OCH3 is 2. The van der Waals surface area contributed by atoms with E-state index in [1.807, 2.05) is 30.3 Å². The second-order valence-corrected chi connectivity index (χ2v) is 6.77. The van der Waals surface area contributed by atoms with Gasteiger partial charge in [0.2, 0.25) is 0 Å². The number of hydrogen-bond acceptors (Lipinski definition) is 9. The van der Waals surface area contributed by atoms with E-state index in [4.69, 9.17) is 18.7 Å². The van der Waals surface area contributed by atoms with Crippen LogP contribution >= 0.6 is 0 Å². The predicted octanol–water partition coefficient (Wildman–Crippen LogP) is 2.50. The van der Waals surface area contributed by atoms with E-state index in [2.05, 4.69) is 10.5 Å². The minimum atomic E-state index is -1.31. The van der Waals surface area contributed by atoms with Gasteiger partial charge in [-0.1, -0.05) is 35.5 Å². The molecule has 1 aliphatic heterocycles. The zero-order chi connectivity index (χ0) is 22.5. The Morgan fingerprint density at radius 2 is 1.58 bits per heavy atom. The highest BCUT2D eigenvalue weighted by atomic mass is 16.6. The highest BCUT2D eigenvalue weighted by Crippen LogP contribution is 2.32. The third-order valence-corrected chi connectivity index (χ3v) is 4.79. The van der Waals surface area contributed by atoms with Gasteiger partial charge >= 0.3 is 17.9 Å². The lowest BCUT2D eigenvalue weighted by Crippen LogP contribution is -2.37. The molecule has 0 saturated heterocycles. The maximum Gasteiger partial charge on any atom is 0.336 e. The second kappa shape index (κ2) is 9.29. The number of carbonyl (C=O) groups is 3. The molecule has 1 aromatic heterocycles. The Hall–Kier alpha value is -3.88. The van der Waals surface area contributed by atoms with E-state index in [1.54, 1.807) is 19.9 Å². The number of carbonyl (C=O) groups excluding carboxylic acids is 3. The number of esters is 3. The molecule has 1 aromatic carbocycles. The first-order chi connectivity index (χ1) is 14.9. The molecule has 0 saturated carbocycles. The molecular weight excluding hydrogens is 404 g/mol. The predicted molar refractivity (Wildman–Crippen MR) is 108 cm³/mol. The van der Waals surface area contributed by atoms with Crippen LogP contribution < -0.4 is 5.32 Å². The van der Waals surface area contributed by atoms with E-state index >= 15 is 0 Å². The quantitative estimate of drug-likeness (QED) is 0.549. The number of dihydropyridines is 1. The molecule has 9 nitrogen and oxygen atoms in total. The molecular formula is C22H22N2O7. The zero-order valence-corrected chi connectivity index (χ0v) is 17.6. The summed E-state index contributed by atoms with van der Waals surface area (Å²) in [6.45, 7) is 2.98. The van der Waals surface area contributed by atoms with Gasteiger partial charge in [-0.15, -0.1) is 0 Å². The SMILES string of the molecule is COC(=O)C1=C(C)NC(C)=C(C(=O)OC)C1C(=O)OCc1cc(-c2ccccc2)no1. The van der Waals surface area contributed by atoms with Crippen molar-refractivity contribution in [2.75, 3.05) is 14.2 Å². The number of allylic oxidation sites excluding steroid dienone is 2. The zero-order valence-electron chi connectivity index (χ0n) is 17.6. The number of benzene rings is 1. The molecule has 0 atom stereocenters. The second-order valence-electron chi connectivity index (χ2n) is 6.77. The molecule has 31 heavy (non-hydrogen) atoms. The average molecular weight is 426 g/mol. The molecule has 0 radical (unpaired) electrons. The van der Waals surface area contributed by atoms with Crippen molar-refractivity contribution in [3.63, 3.8) is 0 Å². The van der Waals surface area contributed by atoms with E-state index in [-0.39, 0.29) is 17.8 Å². The van der Waals surface area contributed by atoms with Gasteiger partial charge in [-0.2, -0.15) is 0 Å². The van der Waals surface area contributed by atoms with Crippen molar-refractivity contribution in [3.05, 3.63) is 64.7 Å². The van der Waals surface area contributed by atoms with Gasteiger partial charge in [0.15, 0.2) is 12.4 Å². The third-order valence-electron chi connectivity index (χ3n) is 4.79. The summed E-state index contributed by atoms with van der Waals surface area (Å²) >= 11 is 0. The molecule has 0 unspecified atom stereocenters. The first kappa shape index (κ1) is 21.8. The summed E-state index contributed by atoms with van der Waals surface area (Å²) in [5, 5.41) is 6.88. The molecule has 0 amide bonds. The molecule has 3 rings (SSSR count). The standard InChI is InChI=1S/C22H22N2O7/c1-12-17(20(25)28-3)19(18(13(2)23-12)21(26)29-4)22(27)30-11-15-10-16(24-31-15)14-8-6-5-7-9-14/h5-10,19,23H,11H2,1-4H3. The van der Waals surface area contributed by atoms with E-state index in [0.29, 0.717) is 22.8 Å². The van der Waals surface area contributed by atoms with Gasteiger partial charge in [0, 0.05) is 23.0 Å². The summed E-state index contributed by atoms with van der Waals surface area (Å²) in [6, 6.07) is 11.0. The van der Waals surface area contributed by atoms with Crippen molar-refractivity contribution in [1.29, 1.82) is 0 Å². The summed E-state index contributed by atoms with van der Waals surface area (Å²) in [7, 11) is 2.38. The Labute approximate surface area is 178 Å². The fourth-order valence-electron chi connectivity index (χ4n) is 3.34. The summed E-state index contributed by atoms with van der Waals surface area (Å²) in [5.74, 6) is -3.34. The van der Waals surface area contributed by atoms with Crippen molar-refractivity contribution in [2.24, 2.45) is 5.92 Å². The molecule has 162 valence electrons. The van der Waals surface area contributed by atoms with E-state index in [0.717, 1.165) is 5.56 Å². The van der Waals surface area contributed by atoms with Crippen LogP contribution in [0.3, 0.4) is 0 Å². The monoisotopic (exact) mass is 426 g/mol. The molecule has 9 heteroatoms. The van der Waals surface area contributed by atoms with Crippen molar-refractivity contribution < 1.29 is 33.1 Å². The molecule has 0 fully saturated rings. The van der Waals surface area contributed by atoms with Crippen LogP contribution in [0, 0.1) is 5.92 Å². The molecule has 0 spiro atoms. The highest BCUT2D eigenvalue weighted by molar-refractivity contribution is 6.05. The van der Waals surface area contributed by atoms with Gasteiger partial charge in [-0.05, 0) is 13.8 Å². The van der Waals surface area contributed by atoms with Gasteiger partial charge in [-0.25, -0.2) is 9.59 Å². The number of rotatable bonds is 6. The van der Waals surface area contributed by atoms with E-state index in [9.17, 15) is 14.4 Å². The summed E-state index contributed by atoms with van der Waals surface area (Å²) < 4.78 is 20.2. The van der Waals surface area contributed by atoms with Gasteiger partial charge < -0.3 is 24.1 Å². The summed E-state index contributed by atoms with van der Waals surface area (Å²) in [5.41, 5.74) is 2.14. The Kier molecular flexibility index (Phi) is 6.54. The Morgan fingerprint density at radius 3 is 2.13 bits per heavy atom. The van der Waals surface area contributed by atoms with Crippen molar-refractivity contribution in [1.82, 2.24) is 10.5 Å². The van der Waals surface area contributed by atoms with Crippen molar-refractivity contribution in [2.45, 2.75) is 20.5 Å². The van der Waals surface area contributed by atoms with Crippen LogP contribution in [0.2, 0.25) is 0 Å². The molecule has 1 N–H and O–H groups in total. The van der Waals surface area contributed by atoms with Crippen LogP contribution in [0.15, 0.2) is 63.5 Å². The van der Waals surface area contributed by atoms with E-state index in [1.165, 1.54) is 14.2 Å². The fraction of sp³-hybridized carbons (Fsp3) is 0.273. The Balaban J connectivity index is 1.84. The largest absolute Gasteiger partial charge is 0.466 e.